The molecule has 0 saturated heterocycles. The first-order chi connectivity index (χ1) is 8.56. The van der Waals surface area contributed by atoms with E-state index in [9.17, 15) is 4.79 Å². The Morgan fingerprint density at radius 2 is 2.22 bits per heavy atom. The Morgan fingerprint density at radius 1 is 1.44 bits per heavy atom. The van der Waals surface area contributed by atoms with Gasteiger partial charge in [-0.3, -0.25) is 0 Å². The van der Waals surface area contributed by atoms with Crippen LogP contribution in [-0.4, -0.2) is 11.1 Å². The van der Waals surface area contributed by atoms with Crippen molar-refractivity contribution in [1.29, 1.82) is 0 Å². The zero-order valence-corrected chi connectivity index (χ0v) is 11.3. The molecule has 1 heterocycles. The molecule has 2 aromatic rings. The Labute approximate surface area is 113 Å². The first-order valence-corrected chi connectivity index (χ1v) is 6.19. The van der Waals surface area contributed by atoms with Gasteiger partial charge in [0.2, 0.25) is 0 Å². The largest absolute Gasteiger partial charge is 0.478 e. The van der Waals surface area contributed by atoms with Crippen molar-refractivity contribution >= 4 is 27.6 Å². The molecule has 0 bridgehead atoms. The molecule has 1 aromatic heterocycles. The van der Waals surface area contributed by atoms with Gasteiger partial charge in [-0.15, -0.1) is 0 Å². The number of aromatic carboxylic acids is 1. The van der Waals surface area contributed by atoms with Gasteiger partial charge >= 0.3 is 5.97 Å². The first-order valence-electron chi connectivity index (χ1n) is 5.40. The van der Waals surface area contributed by atoms with Crippen molar-refractivity contribution in [3.63, 3.8) is 0 Å². The van der Waals surface area contributed by atoms with Crippen LogP contribution in [0.1, 0.15) is 29.1 Å². The molecule has 94 valence electrons. The number of nitrogens with one attached hydrogen (secondary N) is 1. The lowest BCUT2D eigenvalue weighted by Crippen LogP contribution is -2.06. The molecule has 18 heavy (non-hydrogen) atoms. The normalized spacial score (nSPS) is 12.1. The number of benzene rings is 1. The van der Waals surface area contributed by atoms with Crippen molar-refractivity contribution in [1.82, 2.24) is 0 Å². The minimum Gasteiger partial charge on any atom is -0.478 e. The monoisotopic (exact) mass is 309 g/mol. The maximum absolute atomic E-state index is 11.0. The average molecular weight is 310 g/mol. The van der Waals surface area contributed by atoms with Crippen molar-refractivity contribution < 1.29 is 14.3 Å². The molecule has 1 aromatic carbocycles. The van der Waals surface area contributed by atoms with Crippen molar-refractivity contribution in [2.45, 2.75) is 13.0 Å². The Morgan fingerprint density at radius 3 is 2.83 bits per heavy atom. The Kier molecular flexibility index (Phi) is 3.72. The van der Waals surface area contributed by atoms with E-state index in [1.807, 2.05) is 25.1 Å². The molecule has 0 fully saturated rings. The molecule has 1 atom stereocenters. The summed E-state index contributed by atoms with van der Waals surface area (Å²) in [4.78, 5) is 11.0. The van der Waals surface area contributed by atoms with Crippen LogP contribution in [0, 0.1) is 0 Å². The standard InChI is InChI=1S/C13H12BrNO3/c1-8(12-3-2-4-18-12)15-11-6-9(13(16)17)5-10(14)7-11/h2-8,15H,1H3,(H,16,17). The van der Waals surface area contributed by atoms with Crippen LogP contribution < -0.4 is 5.32 Å². The highest BCUT2D eigenvalue weighted by Crippen LogP contribution is 2.24. The molecule has 0 saturated carbocycles. The number of rotatable bonds is 4. The SMILES string of the molecule is CC(Nc1cc(Br)cc(C(=O)O)c1)c1ccco1. The van der Waals surface area contributed by atoms with E-state index in [4.69, 9.17) is 9.52 Å². The maximum atomic E-state index is 11.0. The van der Waals surface area contributed by atoms with Gasteiger partial charge in [-0.05, 0) is 37.3 Å². The number of hydrogen-bond donors (Lipinski definition) is 2. The number of carboxylic acid groups (broad SMARTS) is 1. The molecule has 4 nitrogen and oxygen atoms in total. The van der Waals surface area contributed by atoms with Crippen LogP contribution in [-0.2, 0) is 0 Å². The molecule has 1 unspecified atom stereocenters. The maximum Gasteiger partial charge on any atom is 0.335 e. The van der Waals surface area contributed by atoms with Crippen LogP contribution >= 0.6 is 15.9 Å². The van der Waals surface area contributed by atoms with Gasteiger partial charge in [0.15, 0.2) is 0 Å². The van der Waals surface area contributed by atoms with Gasteiger partial charge in [0.05, 0.1) is 17.9 Å². The lowest BCUT2D eigenvalue weighted by atomic mass is 10.2. The van der Waals surface area contributed by atoms with Gasteiger partial charge in [-0.1, -0.05) is 15.9 Å². The fourth-order valence-electron chi connectivity index (χ4n) is 1.66. The van der Waals surface area contributed by atoms with Crippen LogP contribution in [0.15, 0.2) is 45.5 Å². The summed E-state index contributed by atoms with van der Waals surface area (Å²) in [5, 5.41) is 12.2. The quantitative estimate of drug-likeness (QED) is 0.898. The Hall–Kier alpha value is -1.75. The number of furan rings is 1. The lowest BCUT2D eigenvalue weighted by Gasteiger charge is -2.13. The van der Waals surface area contributed by atoms with Gasteiger partial charge < -0.3 is 14.8 Å². The van der Waals surface area contributed by atoms with Gasteiger partial charge in [0.25, 0.3) is 0 Å². The predicted molar refractivity (Wildman–Crippen MR) is 71.8 cm³/mol. The summed E-state index contributed by atoms with van der Waals surface area (Å²) in [6.07, 6.45) is 1.61. The summed E-state index contributed by atoms with van der Waals surface area (Å²) in [6.45, 7) is 1.94. The molecular weight excluding hydrogens is 298 g/mol. The van der Waals surface area contributed by atoms with Crippen molar-refractivity contribution in [2.75, 3.05) is 5.32 Å². The minimum absolute atomic E-state index is 0.0315. The minimum atomic E-state index is -0.954. The Bertz CT molecular complexity index is 551. The summed E-state index contributed by atoms with van der Waals surface area (Å²) in [5.74, 6) is -0.156. The fourth-order valence-corrected chi connectivity index (χ4v) is 2.15. The zero-order chi connectivity index (χ0) is 13.1. The van der Waals surface area contributed by atoms with E-state index in [1.54, 1.807) is 18.4 Å². The molecule has 0 spiro atoms. The van der Waals surface area contributed by atoms with Crippen LogP contribution in [0.4, 0.5) is 5.69 Å². The highest BCUT2D eigenvalue weighted by molar-refractivity contribution is 9.10. The van der Waals surface area contributed by atoms with E-state index in [1.165, 1.54) is 0 Å². The number of halogens is 1. The van der Waals surface area contributed by atoms with E-state index in [0.29, 0.717) is 0 Å². The highest BCUT2D eigenvalue weighted by Gasteiger charge is 2.10. The third-order valence-corrected chi connectivity index (χ3v) is 2.96. The third-order valence-electron chi connectivity index (χ3n) is 2.50. The smallest absolute Gasteiger partial charge is 0.335 e. The topological polar surface area (TPSA) is 62.5 Å². The van der Waals surface area contributed by atoms with E-state index in [0.717, 1.165) is 15.9 Å². The molecule has 5 heteroatoms. The third kappa shape index (κ3) is 2.92. The number of carbonyl (C=O) groups is 1. The van der Waals surface area contributed by atoms with E-state index in [-0.39, 0.29) is 11.6 Å². The van der Waals surface area contributed by atoms with E-state index < -0.39 is 5.97 Å². The highest BCUT2D eigenvalue weighted by atomic mass is 79.9. The van der Waals surface area contributed by atoms with Crippen LogP contribution in [0.25, 0.3) is 0 Å². The summed E-state index contributed by atoms with van der Waals surface area (Å²) in [6, 6.07) is 8.63. The van der Waals surface area contributed by atoms with E-state index in [2.05, 4.69) is 21.2 Å². The van der Waals surface area contributed by atoms with Gasteiger partial charge in [0.1, 0.15) is 5.76 Å². The molecular formula is C13H12BrNO3. The van der Waals surface area contributed by atoms with E-state index >= 15 is 0 Å². The lowest BCUT2D eigenvalue weighted by molar-refractivity contribution is 0.0697. The summed E-state index contributed by atoms with van der Waals surface area (Å²) in [7, 11) is 0. The Balaban J connectivity index is 2.21. The van der Waals surface area contributed by atoms with Crippen molar-refractivity contribution in [3.8, 4) is 0 Å². The molecule has 0 aliphatic heterocycles. The zero-order valence-electron chi connectivity index (χ0n) is 9.68. The summed E-state index contributed by atoms with van der Waals surface area (Å²) >= 11 is 3.29. The first kappa shape index (κ1) is 12.7. The molecule has 0 aliphatic carbocycles. The van der Waals surface area contributed by atoms with Crippen LogP contribution in [0.2, 0.25) is 0 Å². The van der Waals surface area contributed by atoms with Gasteiger partial charge in [-0.25, -0.2) is 4.79 Å². The van der Waals surface area contributed by atoms with Crippen LogP contribution in [0.3, 0.4) is 0 Å². The summed E-state index contributed by atoms with van der Waals surface area (Å²) in [5.41, 5.74) is 0.962. The fraction of sp³-hybridized carbons (Fsp3) is 0.154. The number of hydrogen-bond acceptors (Lipinski definition) is 3. The average Bonchev–Trinajstić information content (AvgIpc) is 2.81. The van der Waals surface area contributed by atoms with Gasteiger partial charge in [0, 0.05) is 10.2 Å². The van der Waals surface area contributed by atoms with Crippen molar-refractivity contribution in [3.05, 3.63) is 52.4 Å². The number of anilines is 1. The molecule has 0 radical (unpaired) electrons. The van der Waals surface area contributed by atoms with Crippen molar-refractivity contribution in [2.24, 2.45) is 0 Å². The van der Waals surface area contributed by atoms with Crippen LogP contribution in [0.5, 0.6) is 0 Å². The molecule has 2 rings (SSSR count). The number of carboxylic acids is 1. The second kappa shape index (κ2) is 5.27. The summed E-state index contributed by atoms with van der Waals surface area (Å²) < 4.78 is 6.00. The molecule has 2 N–H and O–H groups in total. The molecule has 0 aliphatic rings. The second-order valence-electron chi connectivity index (χ2n) is 3.92. The second-order valence-corrected chi connectivity index (χ2v) is 4.83. The van der Waals surface area contributed by atoms with Gasteiger partial charge in [-0.2, -0.15) is 0 Å². The molecule has 0 amide bonds. The predicted octanol–water partition coefficient (Wildman–Crippen LogP) is 3.91.